The molecule has 21 heavy (non-hydrogen) atoms. The summed E-state index contributed by atoms with van der Waals surface area (Å²) >= 11 is 6.27. The van der Waals surface area contributed by atoms with Crippen LogP contribution in [0.5, 0.6) is 0 Å². The van der Waals surface area contributed by atoms with Crippen LogP contribution < -0.4 is 0 Å². The lowest BCUT2D eigenvalue weighted by Crippen LogP contribution is -2.47. The van der Waals surface area contributed by atoms with Crippen LogP contribution in [0.4, 0.5) is 0 Å². The normalized spacial score (nSPS) is 23.4. The standard InChI is InChI=1S/C15H19ClN4O/c1-11-8-21-12(2)7-19(11)10-20-15(17-9-18-20)13-5-3-4-6-14(13)16/h3-6,9,11-12H,7-8,10H2,1-2H3/t11-,12+/m1/s1. The molecular weight excluding hydrogens is 288 g/mol. The first-order valence-corrected chi connectivity index (χ1v) is 7.51. The summed E-state index contributed by atoms with van der Waals surface area (Å²) in [5.41, 5.74) is 0.908. The molecule has 1 aromatic carbocycles. The van der Waals surface area contributed by atoms with Gasteiger partial charge in [0.2, 0.25) is 0 Å². The van der Waals surface area contributed by atoms with Gasteiger partial charge in [-0.15, -0.1) is 0 Å². The Morgan fingerprint density at radius 1 is 1.33 bits per heavy atom. The van der Waals surface area contributed by atoms with Crippen molar-refractivity contribution >= 4 is 11.6 Å². The Morgan fingerprint density at radius 3 is 2.95 bits per heavy atom. The van der Waals surface area contributed by atoms with Crippen molar-refractivity contribution in [2.24, 2.45) is 0 Å². The van der Waals surface area contributed by atoms with E-state index in [1.165, 1.54) is 0 Å². The van der Waals surface area contributed by atoms with Gasteiger partial charge in [-0.05, 0) is 26.0 Å². The van der Waals surface area contributed by atoms with Gasteiger partial charge in [-0.25, -0.2) is 9.67 Å². The van der Waals surface area contributed by atoms with Crippen LogP contribution in [-0.4, -0.2) is 45.0 Å². The third-order valence-electron chi connectivity index (χ3n) is 3.78. The van der Waals surface area contributed by atoms with Crippen LogP contribution in [0.3, 0.4) is 0 Å². The molecule has 6 heteroatoms. The smallest absolute Gasteiger partial charge is 0.160 e. The van der Waals surface area contributed by atoms with Crippen molar-refractivity contribution in [1.29, 1.82) is 0 Å². The molecule has 1 aromatic heterocycles. The van der Waals surface area contributed by atoms with E-state index < -0.39 is 0 Å². The van der Waals surface area contributed by atoms with Gasteiger partial charge in [0.1, 0.15) is 6.33 Å². The summed E-state index contributed by atoms with van der Waals surface area (Å²) < 4.78 is 7.56. The second kappa shape index (κ2) is 6.13. The summed E-state index contributed by atoms with van der Waals surface area (Å²) in [7, 11) is 0. The number of rotatable bonds is 3. The van der Waals surface area contributed by atoms with E-state index in [-0.39, 0.29) is 6.10 Å². The summed E-state index contributed by atoms with van der Waals surface area (Å²) in [6.45, 7) is 6.59. The van der Waals surface area contributed by atoms with Gasteiger partial charge in [0.15, 0.2) is 5.82 Å². The number of benzene rings is 1. The zero-order valence-electron chi connectivity index (χ0n) is 12.2. The molecule has 0 radical (unpaired) electrons. The average Bonchev–Trinajstić information content (AvgIpc) is 2.91. The molecule has 0 unspecified atom stereocenters. The van der Waals surface area contributed by atoms with Crippen molar-refractivity contribution in [2.45, 2.75) is 32.7 Å². The molecule has 2 aromatic rings. The van der Waals surface area contributed by atoms with Crippen molar-refractivity contribution in [3.05, 3.63) is 35.6 Å². The van der Waals surface area contributed by atoms with Crippen LogP contribution in [0, 0.1) is 0 Å². The van der Waals surface area contributed by atoms with E-state index >= 15 is 0 Å². The summed E-state index contributed by atoms with van der Waals surface area (Å²) in [4.78, 5) is 6.72. The zero-order chi connectivity index (χ0) is 14.8. The van der Waals surface area contributed by atoms with Crippen LogP contribution in [0.25, 0.3) is 11.4 Å². The molecule has 0 bridgehead atoms. The number of hydrogen-bond donors (Lipinski definition) is 0. The fourth-order valence-corrected chi connectivity index (χ4v) is 2.78. The molecule has 112 valence electrons. The van der Waals surface area contributed by atoms with E-state index in [2.05, 4.69) is 28.8 Å². The zero-order valence-corrected chi connectivity index (χ0v) is 13.0. The topological polar surface area (TPSA) is 43.2 Å². The van der Waals surface area contributed by atoms with Crippen molar-refractivity contribution in [3.8, 4) is 11.4 Å². The molecule has 3 rings (SSSR count). The third-order valence-corrected chi connectivity index (χ3v) is 4.11. The molecule has 1 aliphatic heterocycles. The van der Waals surface area contributed by atoms with Gasteiger partial charge < -0.3 is 4.74 Å². The van der Waals surface area contributed by atoms with Gasteiger partial charge in [0.05, 0.1) is 24.4 Å². The molecule has 0 aliphatic carbocycles. The maximum absolute atomic E-state index is 6.27. The first kappa shape index (κ1) is 14.5. The highest BCUT2D eigenvalue weighted by Crippen LogP contribution is 2.26. The maximum Gasteiger partial charge on any atom is 0.160 e. The van der Waals surface area contributed by atoms with E-state index in [0.29, 0.717) is 17.7 Å². The molecule has 1 aliphatic rings. The molecule has 1 saturated heterocycles. The van der Waals surface area contributed by atoms with E-state index in [4.69, 9.17) is 16.3 Å². The highest BCUT2D eigenvalue weighted by molar-refractivity contribution is 6.33. The Bertz CT molecular complexity index is 615. The Morgan fingerprint density at radius 2 is 2.14 bits per heavy atom. The third kappa shape index (κ3) is 3.10. The van der Waals surface area contributed by atoms with Crippen LogP contribution in [0.1, 0.15) is 13.8 Å². The van der Waals surface area contributed by atoms with Crippen LogP contribution in [0.15, 0.2) is 30.6 Å². The molecular formula is C15H19ClN4O. The van der Waals surface area contributed by atoms with Gasteiger partial charge in [-0.1, -0.05) is 23.7 Å². The minimum Gasteiger partial charge on any atom is -0.376 e. The number of morpholine rings is 1. The number of ether oxygens (including phenoxy) is 1. The first-order valence-electron chi connectivity index (χ1n) is 7.13. The van der Waals surface area contributed by atoms with Crippen molar-refractivity contribution in [1.82, 2.24) is 19.7 Å². The van der Waals surface area contributed by atoms with Crippen LogP contribution in [-0.2, 0) is 11.4 Å². The lowest BCUT2D eigenvalue weighted by molar-refractivity contribution is -0.0620. The summed E-state index contributed by atoms with van der Waals surface area (Å²) in [5.74, 6) is 0.798. The Labute approximate surface area is 129 Å². The lowest BCUT2D eigenvalue weighted by atomic mass is 10.2. The molecule has 0 amide bonds. The predicted molar refractivity (Wildman–Crippen MR) is 82.1 cm³/mol. The molecule has 1 fully saturated rings. The SMILES string of the molecule is C[C@@H]1CO[C@@H](C)CN1Cn1ncnc1-c1ccccc1Cl. The summed E-state index contributed by atoms with van der Waals surface area (Å²) in [6, 6.07) is 8.08. The van der Waals surface area contributed by atoms with Gasteiger partial charge in [0.25, 0.3) is 0 Å². The Kier molecular flexibility index (Phi) is 4.24. The second-order valence-electron chi connectivity index (χ2n) is 5.47. The van der Waals surface area contributed by atoms with Crippen LogP contribution >= 0.6 is 11.6 Å². The van der Waals surface area contributed by atoms with Crippen molar-refractivity contribution < 1.29 is 4.74 Å². The maximum atomic E-state index is 6.27. The number of nitrogens with zero attached hydrogens (tertiary/aromatic N) is 4. The lowest BCUT2D eigenvalue weighted by Gasteiger charge is -2.36. The number of hydrogen-bond acceptors (Lipinski definition) is 4. The van der Waals surface area contributed by atoms with E-state index in [9.17, 15) is 0 Å². The minimum atomic E-state index is 0.244. The molecule has 2 atom stereocenters. The van der Waals surface area contributed by atoms with Crippen LogP contribution in [0.2, 0.25) is 5.02 Å². The highest BCUT2D eigenvalue weighted by atomic mass is 35.5. The monoisotopic (exact) mass is 306 g/mol. The van der Waals surface area contributed by atoms with Gasteiger partial charge in [-0.2, -0.15) is 5.10 Å². The van der Waals surface area contributed by atoms with Crippen molar-refractivity contribution in [2.75, 3.05) is 13.2 Å². The second-order valence-corrected chi connectivity index (χ2v) is 5.88. The molecule has 5 nitrogen and oxygen atoms in total. The molecule has 2 heterocycles. The molecule has 0 N–H and O–H groups in total. The van der Waals surface area contributed by atoms with Gasteiger partial charge in [-0.3, -0.25) is 4.90 Å². The fourth-order valence-electron chi connectivity index (χ4n) is 2.56. The highest BCUT2D eigenvalue weighted by Gasteiger charge is 2.24. The minimum absolute atomic E-state index is 0.244. The Hall–Kier alpha value is -1.43. The van der Waals surface area contributed by atoms with Gasteiger partial charge in [0, 0.05) is 18.2 Å². The Balaban J connectivity index is 1.84. The van der Waals surface area contributed by atoms with E-state index in [0.717, 1.165) is 24.5 Å². The van der Waals surface area contributed by atoms with E-state index in [1.54, 1.807) is 6.33 Å². The van der Waals surface area contributed by atoms with E-state index in [1.807, 2.05) is 28.9 Å². The quantitative estimate of drug-likeness (QED) is 0.874. The van der Waals surface area contributed by atoms with Gasteiger partial charge >= 0.3 is 0 Å². The molecule has 0 spiro atoms. The van der Waals surface area contributed by atoms with Crippen molar-refractivity contribution in [3.63, 3.8) is 0 Å². The number of halogens is 1. The summed E-state index contributed by atoms with van der Waals surface area (Å²) in [5, 5.41) is 5.04. The molecule has 0 saturated carbocycles. The first-order chi connectivity index (χ1) is 10.1. The largest absolute Gasteiger partial charge is 0.376 e. The fraction of sp³-hybridized carbons (Fsp3) is 0.467. The number of aromatic nitrogens is 3. The predicted octanol–water partition coefficient (Wildman–Crippen LogP) is 2.67. The summed E-state index contributed by atoms with van der Waals surface area (Å²) in [6.07, 6.45) is 1.82. The average molecular weight is 307 g/mol.